The molecule has 0 bridgehead atoms. The highest BCUT2D eigenvalue weighted by atomic mass is 35.5. The number of rotatable bonds is 6. The van der Waals surface area contributed by atoms with Gasteiger partial charge in [-0.3, -0.25) is 19.2 Å². The van der Waals surface area contributed by atoms with Crippen molar-refractivity contribution in [3.05, 3.63) is 94.5 Å². The first-order valence-electron chi connectivity index (χ1n) is 10.4. The van der Waals surface area contributed by atoms with Gasteiger partial charge < -0.3 is 5.32 Å². The topological polar surface area (TPSA) is 95.6 Å². The Bertz CT molecular complexity index is 1580. The third kappa shape index (κ3) is 4.55. The minimum Gasteiger partial charge on any atom is -0.325 e. The lowest BCUT2D eigenvalue weighted by Crippen LogP contribution is -2.35. The van der Waals surface area contributed by atoms with Crippen molar-refractivity contribution >= 4 is 72.9 Å². The number of nitrogens with zero attached hydrogens (tertiary/aromatic N) is 1. The van der Waals surface area contributed by atoms with Crippen LogP contribution in [0, 0.1) is 0 Å². The molecule has 0 aliphatic carbocycles. The second-order valence-electron chi connectivity index (χ2n) is 7.91. The maximum atomic E-state index is 12.9. The van der Waals surface area contributed by atoms with Gasteiger partial charge in [-0.1, -0.05) is 47.5 Å². The van der Waals surface area contributed by atoms with Crippen LogP contribution in [-0.2, 0) is 14.8 Å². The lowest BCUT2D eigenvalue weighted by molar-refractivity contribution is -0.114. The highest BCUT2D eigenvalue weighted by Crippen LogP contribution is 2.37. The molecule has 0 atom stereocenters. The van der Waals surface area contributed by atoms with Gasteiger partial charge in [0.2, 0.25) is 5.91 Å². The van der Waals surface area contributed by atoms with Crippen molar-refractivity contribution in [3.63, 3.8) is 0 Å². The lowest BCUT2D eigenvalue weighted by atomic mass is 10.1. The zero-order chi connectivity index (χ0) is 24.7. The molecule has 1 aliphatic rings. The molecule has 0 radical (unpaired) electrons. The van der Waals surface area contributed by atoms with Crippen LogP contribution in [0.2, 0.25) is 10.0 Å². The van der Waals surface area contributed by atoms with E-state index >= 15 is 0 Å². The molecule has 4 aromatic carbocycles. The molecule has 0 aromatic heterocycles. The van der Waals surface area contributed by atoms with Crippen LogP contribution < -0.4 is 14.9 Å². The molecule has 0 unspecified atom stereocenters. The summed E-state index contributed by atoms with van der Waals surface area (Å²) < 4.78 is 27.8. The minimum absolute atomic E-state index is 0.0107. The summed E-state index contributed by atoms with van der Waals surface area (Å²) in [4.78, 5) is 27.0. The third-order valence-electron chi connectivity index (χ3n) is 5.51. The van der Waals surface area contributed by atoms with E-state index in [9.17, 15) is 18.0 Å². The van der Waals surface area contributed by atoms with E-state index in [1.807, 2.05) is 30.3 Å². The molecule has 35 heavy (non-hydrogen) atoms. The number of hydrogen-bond donors (Lipinski definition) is 2. The van der Waals surface area contributed by atoms with Gasteiger partial charge in [-0.05, 0) is 60.0 Å². The van der Waals surface area contributed by atoms with Crippen molar-refractivity contribution in [3.8, 4) is 0 Å². The summed E-state index contributed by atoms with van der Waals surface area (Å²) in [6.07, 6.45) is 0. The first-order valence-corrected chi connectivity index (χ1v) is 12.7. The summed E-state index contributed by atoms with van der Waals surface area (Å²) in [6.45, 7) is -0.177. The molecule has 7 nitrogen and oxygen atoms in total. The largest absolute Gasteiger partial charge is 0.325 e. The highest BCUT2D eigenvalue weighted by Gasteiger charge is 2.30. The predicted molar refractivity (Wildman–Crippen MR) is 138 cm³/mol. The Morgan fingerprint density at radius 3 is 2.20 bits per heavy atom. The monoisotopic (exact) mass is 525 g/mol. The van der Waals surface area contributed by atoms with E-state index < -0.39 is 15.9 Å². The molecule has 0 saturated carbocycles. The summed E-state index contributed by atoms with van der Waals surface area (Å²) in [5, 5.41) is 5.06. The second kappa shape index (κ2) is 8.88. The van der Waals surface area contributed by atoms with Gasteiger partial charge in [0.25, 0.3) is 15.9 Å². The van der Waals surface area contributed by atoms with Crippen molar-refractivity contribution in [2.45, 2.75) is 4.90 Å². The van der Waals surface area contributed by atoms with Crippen molar-refractivity contribution in [1.29, 1.82) is 0 Å². The maximum absolute atomic E-state index is 12.9. The summed E-state index contributed by atoms with van der Waals surface area (Å²) in [6, 6.07) is 21.1. The molecule has 2 amide bonds. The number of sulfonamides is 1. The van der Waals surface area contributed by atoms with Gasteiger partial charge in [0.1, 0.15) is 6.54 Å². The average Bonchev–Trinajstić information content (AvgIpc) is 3.06. The van der Waals surface area contributed by atoms with E-state index in [0.717, 1.165) is 10.8 Å². The lowest BCUT2D eigenvalue weighted by Gasteiger charge is -2.17. The molecular weight excluding hydrogens is 509 g/mol. The fourth-order valence-corrected chi connectivity index (χ4v) is 5.59. The van der Waals surface area contributed by atoms with E-state index in [1.165, 1.54) is 47.4 Å². The molecule has 2 N–H and O–H groups in total. The fourth-order valence-electron chi connectivity index (χ4n) is 4.02. The van der Waals surface area contributed by atoms with Gasteiger partial charge in [-0.25, -0.2) is 8.42 Å². The van der Waals surface area contributed by atoms with Crippen LogP contribution in [0.4, 0.5) is 17.1 Å². The van der Waals surface area contributed by atoms with E-state index in [1.54, 1.807) is 6.07 Å². The zero-order valence-electron chi connectivity index (χ0n) is 18.0. The molecule has 4 aromatic rings. The van der Waals surface area contributed by atoms with Crippen molar-refractivity contribution in [2.24, 2.45) is 0 Å². The number of nitrogens with one attached hydrogen (secondary N) is 2. The second-order valence-corrected chi connectivity index (χ2v) is 10.5. The van der Waals surface area contributed by atoms with Gasteiger partial charge in [-0.2, -0.15) is 0 Å². The fraction of sp³-hybridized carbons (Fsp3) is 0.0400. The van der Waals surface area contributed by atoms with E-state index in [4.69, 9.17) is 23.2 Å². The van der Waals surface area contributed by atoms with Crippen LogP contribution in [0.15, 0.2) is 83.8 Å². The molecule has 176 valence electrons. The van der Waals surface area contributed by atoms with Crippen molar-refractivity contribution in [2.75, 3.05) is 21.5 Å². The number of hydrogen-bond acceptors (Lipinski definition) is 4. The smallest absolute Gasteiger partial charge is 0.261 e. The van der Waals surface area contributed by atoms with E-state index in [0.29, 0.717) is 27.0 Å². The Labute approximate surface area is 211 Å². The Morgan fingerprint density at radius 1 is 0.857 bits per heavy atom. The maximum Gasteiger partial charge on any atom is 0.261 e. The normalized spacial score (nSPS) is 12.7. The van der Waals surface area contributed by atoms with Gasteiger partial charge >= 0.3 is 0 Å². The van der Waals surface area contributed by atoms with Gasteiger partial charge in [0, 0.05) is 26.7 Å². The zero-order valence-corrected chi connectivity index (χ0v) is 20.3. The van der Waals surface area contributed by atoms with Gasteiger partial charge in [0.05, 0.1) is 16.3 Å². The Kier molecular flexibility index (Phi) is 5.88. The number of amides is 2. The highest BCUT2D eigenvalue weighted by molar-refractivity contribution is 7.92. The molecule has 1 heterocycles. The number of anilines is 3. The third-order valence-corrected chi connectivity index (χ3v) is 7.35. The van der Waals surface area contributed by atoms with E-state index in [2.05, 4.69) is 10.0 Å². The summed E-state index contributed by atoms with van der Waals surface area (Å²) in [7, 11) is -3.90. The van der Waals surface area contributed by atoms with E-state index in [-0.39, 0.29) is 23.0 Å². The summed E-state index contributed by atoms with van der Waals surface area (Å²) >= 11 is 11.9. The molecular formula is C25H17Cl2N3O4S. The molecule has 0 spiro atoms. The molecule has 5 rings (SSSR count). The molecule has 0 saturated heterocycles. The summed E-state index contributed by atoms with van der Waals surface area (Å²) in [5.74, 6) is -0.647. The Balaban J connectivity index is 1.28. The van der Waals surface area contributed by atoms with Crippen molar-refractivity contribution in [1.82, 2.24) is 0 Å². The van der Waals surface area contributed by atoms with Crippen LogP contribution in [-0.4, -0.2) is 26.8 Å². The molecule has 10 heteroatoms. The predicted octanol–water partition coefficient (Wildman–Crippen LogP) is 5.55. The quantitative estimate of drug-likeness (QED) is 0.345. The van der Waals surface area contributed by atoms with Crippen LogP contribution in [0.1, 0.15) is 10.4 Å². The number of halogens is 2. The minimum atomic E-state index is -3.90. The number of benzene rings is 4. The van der Waals surface area contributed by atoms with Crippen LogP contribution in [0.3, 0.4) is 0 Å². The number of carbonyl (C=O) groups excluding carboxylic acids is 2. The summed E-state index contributed by atoms with van der Waals surface area (Å²) in [5.41, 5.74) is 1.87. The van der Waals surface area contributed by atoms with Crippen LogP contribution >= 0.6 is 23.2 Å². The standard InChI is InChI=1S/C25H17Cl2N3O4S/c26-16-11-17(27)13-19(12-16)29-35(33,34)20-9-7-18(8-10-20)28-23(31)14-30-22-6-2-4-15-3-1-5-21(24(15)22)25(30)32/h1-13,29H,14H2,(H,28,31). The molecule has 0 fully saturated rings. The number of carbonyl (C=O) groups is 2. The SMILES string of the molecule is O=C(CN1C(=O)c2cccc3cccc1c23)Nc1ccc(S(=O)(=O)Nc2cc(Cl)cc(Cl)c2)cc1. The van der Waals surface area contributed by atoms with Gasteiger partial charge in [0.15, 0.2) is 0 Å². The van der Waals surface area contributed by atoms with Crippen LogP contribution in [0.5, 0.6) is 0 Å². The van der Waals surface area contributed by atoms with Crippen LogP contribution in [0.25, 0.3) is 10.8 Å². The Morgan fingerprint density at radius 2 is 1.51 bits per heavy atom. The van der Waals surface area contributed by atoms with Gasteiger partial charge in [-0.15, -0.1) is 0 Å². The first kappa shape index (κ1) is 23.2. The first-order chi connectivity index (χ1) is 16.7. The Hall–Kier alpha value is -3.59. The average molecular weight is 526 g/mol. The molecule has 1 aliphatic heterocycles. The van der Waals surface area contributed by atoms with Crippen molar-refractivity contribution < 1.29 is 18.0 Å².